The highest BCUT2D eigenvalue weighted by molar-refractivity contribution is 5.78. The van der Waals surface area contributed by atoms with Crippen LogP contribution in [0, 0.1) is 5.92 Å². The van der Waals surface area contributed by atoms with Crippen molar-refractivity contribution < 1.29 is 13.2 Å². The standard InChI is InChI=1S/C13H11F3/c1-9-7-11(8-12(9)13(14,15)16)10-5-3-2-4-6-10/h2-8,12H,1H3. The van der Waals surface area contributed by atoms with Gasteiger partial charge in [0.25, 0.3) is 0 Å². The zero-order valence-corrected chi connectivity index (χ0v) is 8.75. The zero-order valence-electron chi connectivity index (χ0n) is 8.75. The fraction of sp³-hybridized carbons (Fsp3) is 0.231. The lowest BCUT2D eigenvalue weighted by atomic mass is 10.0. The van der Waals surface area contributed by atoms with Crippen LogP contribution in [0.2, 0.25) is 0 Å². The van der Waals surface area contributed by atoms with Crippen molar-refractivity contribution in [2.45, 2.75) is 13.1 Å². The molecule has 0 heterocycles. The first kappa shape index (κ1) is 11.0. The smallest absolute Gasteiger partial charge is 0.170 e. The van der Waals surface area contributed by atoms with E-state index in [9.17, 15) is 13.2 Å². The summed E-state index contributed by atoms with van der Waals surface area (Å²) in [6.45, 7) is 1.52. The SMILES string of the molecule is CC1=CC(c2ccccc2)=CC1C(F)(F)F. The zero-order chi connectivity index (χ0) is 11.8. The Morgan fingerprint density at radius 2 is 1.69 bits per heavy atom. The van der Waals surface area contributed by atoms with Crippen molar-refractivity contribution in [2.75, 3.05) is 0 Å². The Hall–Kier alpha value is -1.51. The Bertz CT molecular complexity index is 438. The van der Waals surface area contributed by atoms with Crippen molar-refractivity contribution in [2.24, 2.45) is 5.92 Å². The lowest BCUT2D eigenvalue weighted by Crippen LogP contribution is -2.20. The summed E-state index contributed by atoms with van der Waals surface area (Å²) >= 11 is 0. The van der Waals surface area contributed by atoms with Crippen LogP contribution >= 0.6 is 0 Å². The molecule has 0 radical (unpaired) electrons. The molecule has 1 aromatic rings. The number of hydrogen-bond acceptors (Lipinski definition) is 0. The van der Waals surface area contributed by atoms with Gasteiger partial charge in [0.15, 0.2) is 0 Å². The van der Waals surface area contributed by atoms with E-state index in [0.29, 0.717) is 11.1 Å². The second-order valence-electron chi connectivity index (χ2n) is 3.90. The van der Waals surface area contributed by atoms with Crippen molar-refractivity contribution in [3.05, 3.63) is 53.6 Å². The second-order valence-corrected chi connectivity index (χ2v) is 3.90. The molecular formula is C13H11F3. The van der Waals surface area contributed by atoms with E-state index >= 15 is 0 Å². The van der Waals surface area contributed by atoms with E-state index in [-0.39, 0.29) is 0 Å². The molecule has 0 saturated carbocycles. The predicted octanol–water partition coefficient (Wildman–Crippen LogP) is 4.21. The van der Waals surface area contributed by atoms with E-state index in [1.54, 1.807) is 6.08 Å². The topological polar surface area (TPSA) is 0 Å². The maximum absolute atomic E-state index is 12.6. The minimum absolute atomic E-state index is 0.353. The third kappa shape index (κ3) is 2.03. The molecule has 1 aromatic carbocycles. The Kier molecular flexibility index (Phi) is 2.62. The number of benzene rings is 1. The van der Waals surface area contributed by atoms with Gasteiger partial charge in [0.1, 0.15) is 0 Å². The molecule has 0 bridgehead atoms. The largest absolute Gasteiger partial charge is 0.398 e. The van der Waals surface area contributed by atoms with Crippen LogP contribution in [0.4, 0.5) is 13.2 Å². The molecule has 2 rings (SSSR count). The normalized spacial score (nSPS) is 20.6. The minimum atomic E-state index is -4.18. The number of alkyl halides is 3. The predicted molar refractivity (Wildman–Crippen MR) is 57.7 cm³/mol. The van der Waals surface area contributed by atoms with Crippen LogP contribution in [0.3, 0.4) is 0 Å². The van der Waals surface area contributed by atoms with Gasteiger partial charge in [-0.3, -0.25) is 0 Å². The quantitative estimate of drug-likeness (QED) is 0.670. The Labute approximate surface area is 92.1 Å². The summed E-state index contributed by atoms with van der Waals surface area (Å²) < 4.78 is 37.8. The van der Waals surface area contributed by atoms with Gasteiger partial charge in [0.05, 0.1) is 5.92 Å². The first-order chi connectivity index (χ1) is 7.48. The molecule has 0 aliphatic heterocycles. The molecule has 0 saturated heterocycles. The van der Waals surface area contributed by atoms with Gasteiger partial charge in [-0.2, -0.15) is 13.2 Å². The highest BCUT2D eigenvalue weighted by atomic mass is 19.4. The van der Waals surface area contributed by atoms with Crippen LogP contribution in [0.5, 0.6) is 0 Å². The van der Waals surface area contributed by atoms with Crippen LogP contribution < -0.4 is 0 Å². The van der Waals surface area contributed by atoms with Crippen molar-refractivity contribution in [1.29, 1.82) is 0 Å². The van der Waals surface area contributed by atoms with Gasteiger partial charge < -0.3 is 0 Å². The van der Waals surface area contributed by atoms with Crippen LogP contribution in [0.15, 0.2) is 48.1 Å². The summed E-state index contributed by atoms with van der Waals surface area (Å²) in [4.78, 5) is 0. The van der Waals surface area contributed by atoms with Gasteiger partial charge in [-0.15, -0.1) is 0 Å². The summed E-state index contributed by atoms with van der Waals surface area (Å²) in [5, 5.41) is 0. The van der Waals surface area contributed by atoms with Crippen molar-refractivity contribution in [3.63, 3.8) is 0 Å². The first-order valence-corrected chi connectivity index (χ1v) is 5.00. The van der Waals surface area contributed by atoms with Gasteiger partial charge in [-0.05, 0) is 18.1 Å². The maximum Gasteiger partial charge on any atom is 0.398 e. The fourth-order valence-corrected chi connectivity index (χ4v) is 1.86. The molecule has 0 aromatic heterocycles. The van der Waals surface area contributed by atoms with Crippen molar-refractivity contribution in [3.8, 4) is 0 Å². The van der Waals surface area contributed by atoms with E-state index < -0.39 is 12.1 Å². The average molecular weight is 224 g/mol. The van der Waals surface area contributed by atoms with Gasteiger partial charge in [0.2, 0.25) is 0 Å². The highest BCUT2D eigenvalue weighted by Crippen LogP contribution is 2.40. The maximum atomic E-state index is 12.6. The number of halogens is 3. The molecule has 1 unspecified atom stereocenters. The van der Waals surface area contributed by atoms with Gasteiger partial charge >= 0.3 is 6.18 Å². The molecule has 0 fully saturated rings. The summed E-state index contributed by atoms with van der Waals surface area (Å²) in [6, 6.07) is 9.11. The molecule has 0 amide bonds. The Balaban J connectivity index is 2.34. The molecular weight excluding hydrogens is 213 g/mol. The van der Waals surface area contributed by atoms with Crippen molar-refractivity contribution in [1.82, 2.24) is 0 Å². The number of rotatable bonds is 1. The van der Waals surface area contributed by atoms with Crippen LogP contribution in [-0.2, 0) is 0 Å². The summed E-state index contributed by atoms with van der Waals surface area (Å²) in [6.07, 6.45) is -1.30. The number of allylic oxidation sites excluding steroid dienone is 4. The average Bonchev–Trinajstić information content (AvgIpc) is 2.61. The van der Waals surface area contributed by atoms with Crippen LogP contribution in [0.1, 0.15) is 12.5 Å². The lowest BCUT2D eigenvalue weighted by Gasteiger charge is -2.13. The molecule has 16 heavy (non-hydrogen) atoms. The molecule has 1 aliphatic rings. The fourth-order valence-electron chi connectivity index (χ4n) is 1.86. The van der Waals surface area contributed by atoms with Crippen LogP contribution in [0.25, 0.3) is 5.57 Å². The van der Waals surface area contributed by atoms with Crippen molar-refractivity contribution >= 4 is 5.57 Å². The molecule has 1 aliphatic carbocycles. The third-order valence-corrected chi connectivity index (χ3v) is 2.68. The number of hydrogen-bond donors (Lipinski definition) is 0. The van der Waals surface area contributed by atoms with Gasteiger partial charge in [0, 0.05) is 0 Å². The Morgan fingerprint density at radius 1 is 1.06 bits per heavy atom. The van der Waals surface area contributed by atoms with E-state index in [4.69, 9.17) is 0 Å². The molecule has 0 nitrogen and oxygen atoms in total. The van der Waals surface area contributed by atoms with Gasteiger partial charge in [-0.1, -0.05) is 48.1 Å². The molecule has 0 spiro atoms. The van der Waals surface area contributed by atoms with E-state index in [2.05, 4.69) is 0 Å². The molecule has 1 atom stereocenters. The third-order valence-electron chi connectivity index (χ3n) is 2.68. The summed E-state index contributed by atoms with van der Waals surface area (Å²) in [5.74, 6) is -1.43. The first-order valence-electron chi connectivity index (χ1n) is 5.00. The van der Waals surface area contributed by atoms with E-state index in [1.165, 1.54) is 13.0 Å². The molecule has 84 valence electrons. The van der Waals surface area contributed by atoms with Gasteiger partial charge in [-0.25, -0.2) is 0 Å². The highest BCUT2D eigenvalue weighted by Gasteiger charge is 2.41. The monoisotopic (exact) mass is 224 g/mol. The van der Waals surface area contributed by atoms with E-state index in [1.807, 2.05) is 30.3 Å². The minimum Gasteiger partial charge on any atom is -0.170 e. The summed E-state index contributed by atoms with van der Waals surface area (Å²) in [7, 11) is 0. The summed E-state index contributed by atoms with van der Waals surface area (Å²) in [5.41, 5.74) is 1.83. The Morgan fingerprint density at radius 3 is 2.19 bits per heavy atom. The molecule has 3 heteroatoms. The van der Waals surface area contributed by atoms with Crippen LogP contribution in [-0.4, -0.2) is 6.18 Å². The molecule has 0 N–H and O–H groups in total. The lowest BCUT2D eigenvalue weighted by molar-refractivity contribution is -0.150. The van der Waals surface area contributed by atoms with E-state index in [0.717, 1.165) is 5.56 Å². The second kappa shape index (κ2) is 3.81.